The van der Waals surface area contributed by atoms with Crippen LogP contribution in [0.25, 0.3) is 83.6 Å². The molecule has 10 rings (SSSR count). The number of aromatic nitrogens is 4. The molecule has 0 aliphatic carbocycles. The van der Waals surface area contributed by atoms with Crippen molar-refractivity contribution in [3.8, 4) is 62.5 Å². The molecule has 5 nitrogen and oxygen atoms in total. The molecule has 0 N–H and O–H groups in total. The highest BCUT2D eigenvalue weighted by molar-refractivity contribution is 6.27. The van der Waals surface area contributed by atoms with Gasteiger partial charge < -0.3 is 4.74 Å². The summed E-state index contributed by atoms with van der Waals surface area (Å²) in [6, 6.07) is 54.2. The van der Waals surface area contributed by atoms with Crippen molar-refractivity contribution in [3.05, 3.63) is 158 Å². The van der Waals surface area contributed by atoms with Gasteiger partial charge in [0.15, 0.2) is 17.4 Å². The molecule has 7 aromatic carbocycles. The van der Waals surface area contributed by atoms with Crippen molar-refractivity contribution >= 4 is 32.6 Å². The first kappa shape index (κ1) is 26.6. The summed E-state index contributed by atoms with van der Waals surface area (Å²) in [6.45, 7) is 0. The largest absolute Gasteiger partial charge is 0.454 e. The standard InChI is InChI=1S/C43H26N4O/c1-3-15-27(16-4-1)41-44-42(28-17-5-2-6-18-28)46-43(45-41)47-35-25-13-11-24-34(35)37-32-22-9-10-23-33(32)38-31-21-8-7-19-29(31)30-20-12-14-26-36(30)48-40(38)39(37)47/h1-26H. The van der Waals surface area contributed by atoms with E-state index in [1.165, 1.54) is 0 Å². The quantitative estimate of drug-likeness (QED) is 0.199. The fraction of sp³-hybridized carbons (Fsp3) is 0. The summed E-state index contributed by atoms with van der Waals surface area (Å²) in [5, 5.41) is 4.48. The number of benzene rings is 7. The van der Waals surface area contributed by atoms with E-state index in [2.05, 4.69) is 95.6 Å². The van der Waals surface area contributed by atoms with Gasteiger partial charge in [-0.1, -0.05) is 146 Å². The predicted octanol–water partition coefficient (Wildman–Crippen LogP) is 10.9. The molecule has 48 heavy (non-hydrogen) atoms. The minimum Gasteiger partial charge on any atom is -0.454 e. The fourth-order valence-electron chi connectivity index (χ4n) is 7.18. The van der Waals surface area contributed by atoms with Crippen LogP contribution in [0.1, 0.15) is 0 Å². The normalized spacial score (nSPS) is 11.9. The number of nitrogens with zero attached hydrogens (tertiary/aromatic N) is 4. The minimum atomic E-state index is 0.529. The van der Waals surface area contributed by atoms with Crippen LogP contribution >= 0.6 is 0 Å². The smallest absolute Gasteiger partial charge is 0.238 e. The second kappa shape index (κ2) is 10.5. The van der Waals surface area contributed by atoms with Crippen LogP contribution in [0.4, 0.5) is 0 Å². The number of rotatable bonds is 3. The van der Waals surface area contributed by atoms with E-state index < -0.39 is 0 Å². The van der Waals surface area contributed by atoms with Gasteiger partial charge in [-0.15, -0.1) is 0 Å². The van der Waals surface area contributed by atoms with Crippen LogP contribution in [0.2, 0.25) is 0 Å². The molecule has 0 fully saturated rings. The molecule has 0 radical (unpaired) electrons. The van der Waals surface area contributed by atoms with Crippen molar-refractivity contribution in [1.29, 1.82) is 0 Å². The van der Waals surface area contributed by atoms with Gasteiger partial charge in [-0.3, -0.25) is 4.57 Å². The second-order valence-electron chi connectivity index (χ2n) is 12.0. The molecule has 9 aromatic rings. The first-order valence-electron chi connectivity index (χ1n) is 16.1. The van der Waals surface area contributed by atoms with Crippen molar-refractivity contribution in [1.82, 2.24) is 19.5 Å². The topological polar surface area (TPSA) is 52.8 Å². The number of fused-ring (bicyclic) bond motifs is 12. The van der Waals surface area contributed by atoms with Crippen LogP contribution in [-0.4, -0.2) is 19.5 Å². The highest BCUT2D eigenvalue weighted by Crippen LogP contribution is 2.54. The molecule has 2 aromatic heterocycles. The van der Waals surface area contributed by atoms with E-state index in [-0.39, 0.29) is 0 Å². The van der Waals surface area contributed by atoms with Crippen LogP contribution in [0.5, 0.6) is 11.5 Å². The Morgan fingerprint density at radius 1 is 0.438 bits per heavy atom. The van der Waals surface area contributed by atoms with Gasteiger partial charge >= 0.3 is 0 Å². The number of ether oxygens (including phenoxy) is 1. The molecule has 0 saturated carbocycles. The minimum absolute atomic E-state index is 0.529. The first-order valence-corrected chi connectivity index (χ1v) is 16.1. The fourth-order valence-corrected chi connectivity index (χ4v) is 7.18. The Hall–Kier alpha value is -6.59. The lowest BCUT2D eigenvalue weighted by atomic mass is 9.90. The maximum absolute atomic E-state index is 7.14. The van der Waals surface area contributed by atoms with Gasteiger partial charge in [0.25, 0.3) is 0 Å². The summed E-state index contributed by atoms with van der Waals surface area (Å²) in [6.07, 6.45) is 0. The molecule has 0 atom stereocenters. The summed E-state index contributed by atoms with van der Waals surface area (Å²) >= 11 is 0. The maximum atomic E-state index is 7.14. The summed E-state index contributed by atoms with van der Waals surface area (Å²) in [4.78, 5) is 15.4. The van der Waals surface area contributed by atoms with Crippen LogP contribution in [0, 0.1) is 0 Å². The lowest BCUT2D eigenvalue weighted by Gasteiger charge is -2.17. The van der Waals surface area contributed by atoms with Crippen molar-refractivity contribution in [2.45, 2.75) is 0 Å². The van der Waals surface area contributed by atoms with E-state index in [4.69, 9.17) is 19.7 Å². The van der Waals surface area contributed by atoms with Crippen LogP contribution in [-0.2, 0) is 0 Å². The van der Waals surface area contributed by atoms with E-state index in [1.54, 1.807) is 0 Å². The molecule has 0 saturated heterocycles. The van der Waals surface area contributed by atoms with Gasteiger partial charge in [0.05, 0.1) is 5.52 Å². The highest BCUT2D eigenvalue weighted by Gasteiger charge is 2.29. The Bertz CT molecular complexity index is 2640. The molecular formula is C43H26N4O. The van der Waals surface area contributed by atoms with E-state index in [1.807, 2.05) is 66.7 Å². The Kier molecular flexibility index (Phi) is 5.81. The number of hydrogen-bond acceptors (Lipinski definition) is 4. The third kappa shape index (κ3) is 3.94. The molecule has 1 aliphatic rings. The molecule has 5 heteroatoms. The molecular weight excluding hydrogens is 589 g/mol. The molecule has 3 heterocycles. The maximum Gasteiger partial charge on any atom is 0.238 e. The van der Waals surface area contributed by atoms with Crippen molar-refractivity contribution in [2.75, 3.05) is 0 Å². The van der Waals surface area contributed by atoms with Crippen molar-refractivity contribution < 1.29 is 4.74 Å². The molecule has 0 spiro atoms. The van der Waals surface area contributed by atoms with Gasteiger partial charge in [-0.05, 0) is 34.0 Å². The van der Waals surface area contributed by atoms with Crippen molar-refractivity contribution in [2.24, 2.45) is 0 Å². The monoisotopic (exact) mass is 614 g/mol. The summed E-state index contributed by atoms with van der Waals surface area (Å²) in [5.41, 5.74) is 8.11. The van der Waals surface area contributed by atoms with E-state index >= 15 is 0 Å². The Morgan fingerprint density at radius 3 is 1.69 bits per heavy atom. The molecule has 1 aliphatic heterocycles. The molecule has 0 unspecified atom stereocenters. The zero-order chi connectivity index (χ0) is 31.6. The summed E-state index contributed by atoms with van der Waals surface area (Å²) in [5.74, 6) is 3.33. The van der Waals surface area contributed by atoms with Crippen LogP contribution in [0.15, 0.2) is 158 Å². The van der Waals surface area contributed by atoms with E-state index in [0.717, 1.165) is 77.5 Å². The van der Waals surface area contributed by atoms with Gasteiger partial charge in [0.1, 0.15) is 11.3 Å². The van der Waals surface area contributed by atoms with Crippen molar-refractivity contribution in [3.63, 3.8) is 0 Å². The van der Waals surface area contributed by atoms with Gasteiger partial charge in [-0.25, -0.2) is 4.98 Å². The zero-order valence-corrected chi connectivity index (χ0v) is 25.7. The third-order valence-corrected chi connectivity index (χ3v) is 9.26. The first-order chi connectivity index (χ1) is 23.8. The number of para-hydroxylation sites is 2. The van der Waals surface area contributed by atoms with Gasteiger partial charge in [0, 0.05) is 33.0 Å². The zero-order valence-electron chi connectivity index (χ0n) is 25.7. The number of hydrogen-bond donors (Lipinski definition) is 0. The predicted molar refractivity (Wildman–Crippen MR) is 193 cm³/mol. The average molecular weight is 615 g/mol. The van der Waals surface area contributed by atoms with Gasteiger partial charge in [-0.2, -0.15) is 9.97 Å². The van der Waals surface area contributed by atoms with Gasteiger partial charge in [0.2, 0.25) is 5.95 Å². The molecule has 0 bridgehead atoms. The van der Waals surface area contributed by atoms with E-state index in [0.29, 0.717) is 17.6 Å². The Morgan fingerprint density at radius 2 is 0.979 bits per heavy atom. The Labute approximate surface area is 276 Å². The Balaban J connectivity index is 1.41. The second-order valence-corrected chi connectivity index (χ2v) is 12.0. The molecule has 0 amide bonds. The lowest BCUT2D eigenvalue weighted by Crippen LogP contribution is -2.07. The average Bonchev–Trinajstić information content (AvgIpc) is 3.43. The van der Waals surface area contributed by atoms with E-state index in [9.17, 15) is 0 Å². The lowest BCUT2D eigenvalue weighted by molar-refractivity contribution is 0.492. The summed E-state index contributed by atoms with van der Waals surface area (Å²) < 4.78 is 9.31. The third-order valence-electron chi connectivity index (χ3n) is 9.26. The summed E-state index contributed by atoms with van der Waals surface area (Å²) in [7, 11) is 0. The SMILES string of the molecule is c1ccc(-c2nc(-c3ccccc3)nc(-n3c4ccccc4c4c5ccccc5c5c(c43)Oc3ccccc3-c3ccccc3-5)n2)cc1. The van der Waals surface area contributed by atoms with Crippen LogP contribution in [0.3, 0.4) is 0 Å². The highest BCUT2D eigenvalue weighted by atomic mass is 16.5. The van der Waals surface area contributed by atoms with Crippen LogP contribution < -0.4 is 4.74 Å². The molecule has 224 valence electrons.